The topological polar surface area (TPSA) is 164 Å². The Morgan fingerprint density at radius 3 is 2.59 bits per heavy atom. The number of amides is 1. The fraction of sp³-hybridized carbons (Fsp3) is 0.435. The van der Waals surface area contributed by atoms with Crippen LogP contribution in [0.25, 0.3) is 0 Å². The molecular formula is C23H27F2N2O9P. The van der Waals surface area contributed by atoms with Gasteiger partial charge in [-0.15, -0.1) is 0 Å². The molecule has 1 aromatic carbocycles. The van der Waals surface area contributed by atoms with Gasteiger partial charge in [-0.05, 0) is 19.4 Å². The predicted octanol–water partition coefficient (Wildman–Crippen LogP) is 1.56. The second-order valence-corrected chi connectivity index (χ2v) is 10.6. The number of Topliss-reactive ketones (excluding diaryl/α,β-unsaturated/α-hetero) is 1. The standard InChI is InChI=1S/C23H27F2N2O9P/c1-23(5-6-36-7-8-37(32,33)34)17(35-2)12-27-11-15(19(28)20(29)18(27)21(23)30)22(31)26-10-13-3-4-14(24)9-16(13)25/h3-4,9,11,17,29H,5-8,10,12H2,1-2H3,(H,26,31)(H2,32,33,34). The first-order valence-electron chi connectivity index (χ1n) is 11.2. The molecule has 1 amide bonds. The highest BCUT2D eigenvalue weighted by molar-refractivity contribution is 7.51. The summed E-state index contributed by atoms with van der Waals surface area (Å²) in [5, 5.41) is 12.9. The van der Waals surface area contributed by atoms with Crippen LogP contribution in [0.5, 0.6) is 5.75 Å². The highest BCUT2D eigenvalue weighted by Crippen LogP contribution is 2.39. The first-order valence-corrected chi connectivity index (χ1v) is 13.0. The number of carbonyl (C=O) groups is 2. The van der Waals surface area contributed by atoms with Gasteiger partial charge in [-0.3, -0.25) is 18.9 Å². The molecule has 1 aliphatic rings. The van der Waals surface area contributed by atoms with Gasteiger partial charge in [0.25, 0.3) is 5.91 Å². The van der Waals surface area contributed by atoms with E-state index >= 15 is 0 Å². The van der Waals surface area contributed by atoms with Crippen molar-refractivity contribution in [2.75, 3.05) is 26.5 Å². The van der Waals surface area contributed by atoms with E-state index in [1.807, 2.05) is 0 Å². The van der Waals surface area contributed by atoms with Crippen LogP contribution >= 0.6 is 7.60 Å². The lowest BCUT2D eigenvalue weighted by molar-refractivity contribution is -0.0286. The molecule has 0 saturated carbocycles. The molecule has 2 atom stereocenters. The molecular weight excluding hydrogens is 517 g/mol. The average molecular weight is 544 g/mol. The van der Waals surface area contributed by atoms with E-state index in [-0.39, 0.29) is 44.0 Å². The van der Waals surface area contributed by atoms with E-state index in [0.717, 1.165) is 18.3 Å². The molecule has 0 radical (unpaired) electrons. The number of nitrogens with one attached hydrogen (secondary N) is 1. The summed E-state index contributed by atoms with van der Waals surface area (Å²) >= 11 is 0. The summed E-state index contributed by atoms with van der Waals surface area (Å²) in [6.45, 7) is 0.909. The molecule has 0 fully saturated rings. The third-order valence-electron chi connectivity index (χ3n) is 6.34. The van der Waals surface area contributed by atoms with Gasteiger partial charge in [0.05, 0.1) is 30.8 Å². The van der Waals surface area contributed by atoms with Crippen molar-refractivity contribution in [3.05, 3.63) is 63.1 Å². The van der Waals surface area contributed by atoms with Crippen LogP contribution in [0.15, 0.2) is 29.2 Å². The molecule has 0 spiro atoms. The van der Waals surface area contributed by atoms with E-state index < -0.39 is 65.3 Å². The number of pyridine rings is 1. The number of ether oxygens (including phenoxy) is 2. The van der Waals surface area contributed by atoms with Crippen LogP contribution in [0.3, 0.4) is 0 Å². The number of nitrogens with zero attached hydrogens (tertiary/aromatic N) is 1. The number of hydrogen-bond acceptors (Lipinski definition) is 7. The maximum atomic E-state index is 13.9. The number of hydrogen-bond donors (Lipinski definition) is 4. The molecule has 37 heavy (non-hydrogen) atoms. The lowest BCUT2D eigenvalue weighted by Gasteiger charge is -2.40. The normalized spacial score (nSPS) is 19.5. The number of carbonyl (C=O) groups excluding carboxylic acids is 2. The zero-order valence-corrected chi connectivity index (χ0v) is 21.0. The van der Waals surface area contributed by atoms with Crippen LogP contribution in [0.2, 0.25) is 0 Å². The Morgan fingerprint density at radius 2 is 1.97 bits per heavy atom. The summed E-state index contributed by atoms with van der Waals surface area (Å²) in [6, 6.07) is 2.80. The van der Waals surface area contributed by atoms with Crippen LogP contribution in [0, 0.1) is 17.0 Å². The Hall–Kier alpha value is -2.96. The maximum Gasteiger partial charge on any atom is 0.327 e. The van der Waals surface area contributed by atoms with Crippen molar-refractivity contribution in [1.82, 2.24) is 9.88 Å². The maximum absolute atomic E-state index is 13.9. The van der Waals surface area contributed by atoms with Gasteiger partial charge in [-0.2, -0.15) is 0 Å². The van der Waals surface area contributed by atoms with Crippen LogP contribution in [0.1, 0.15) is 39.8 Å². The van der Waals surface area contributed by atoms with Gasteiger partial charge < -0.3 is 34.3 Å². The number of ketones is 1. The number of fused-ring (bicyclic) bond motifs is 1. The number of benzene rings is 1. The number of aromatic hydroxyl groups is 1. The average Bonchev–Trinajstić information content (AvgIpc) is 2.81. The number of halogens is 2. The fourth-order valence-corrected chi connectivity index (χ4v) is 4.47. The Morgan fingerprint density at radius 1 is 1.27 bits per heavy atom. The van der Waals surface area contributed by atoms with Crippen LogP contribution < -0.4 is 10.7 Å². The fourth-order valence-electron chi connectivity index (χ4n) is 4.11. The van der Waals surface area contributed by atoms with Gasteiger partial charge in [-0.25, -0.2) is 8.78 Å². The monoisotopic (exact) mass is 544 g/mol. The molecule has 14 heteroatoms. The number of rotatable bonds is 10. The Labute approximate surface area is 210 Å². The van der Waals surface area contributed by atoms with Crippen LogP contribution in [-0.2, 0) is 27.1 Å². The summed E-state index contributed by atoms with van der Waals surface area (Å²) in [5.74, 6) is -4.19. The Balaban J connectivity index is 1.81. The smallest absolute Gasteiger partial charge is 0.327 e. The lowest BCUT2D eigenvalue weighted by Crippen LogP contribution is -2.50. The zero-order valence-electron chi connectivity index (χ0n) is 20.1. The predicted molar refractivity (Wildman–Crippen MR) is 125 cm³/mol. The zero-order chi connectivity index (χ0) is 27.5. The van der Waals surface area contributed by atoms with Crippen molar-refractivity contribution in [2.45, 2.75) is 32.5 Å². The minimum atomic E-state index is -4.24. The molecule has 4 N–H and O–H groups in total. The van der Waals surface area contributed by atoms with Crippen molar-refractivity contribution in [1.29, 1.82) is 0 Å². The molecule has 2 unspecified atom stereocenters. The molecule has 1 aromatic heterocycles. The SMILES string of the molecule is COC1Cn2cc(C(=O)NCc3ccc(F)cc3F)c(=O)c(O)c2C(=O)C1(C)CCOCCP(=O)(O)O. The highest BCUT2D eigenvalue weighted by Gasteiger charge is 2.48. The molecule has 3 rings (SSSR count). The summed E-state index contributed by atoms with van der Waals surface area (Å²) in [4.78, 5) is 56.7. The minimum absolute atomic E-state index is 0.0166. The largest absolute Gasteiger partial charge is 0.503 e. The van der Waals surface area contributed by atoms with E-state index in [4.69, 9.17) is 19.3 Å². The third kappa shape index (κ3) is 6.31. The van der Waals surface area contributed by atoms with Crippen molar-refractivity contribution in [3.8, 4) is 5.75 Å². The van der Waals surface area contributed by atoms with Crippen molar-refractivity contribution >= 4 is 19.3 Å². The van der Waals surface area contributed by atoms with Crippen molar-refractivity contribution in [3.63, 3.8) is 0 Å². The van der Waals surface area contributed by atoms with E-state index in [1.165, 1.54) is 11.7 Å². The van der Waals surface area contributed by atoms with Gasteiger partial charge >= 0.3 is 7.60 Å². The molecule has 1 aliphatic heterocycles. The van der Waals surface area contributed by atoms with Crippen LogP contribution in [-0.4, -0.2) is 63.7 Å². The number of aromatic nitrogens is 1. The second kappa shape index (κ2) is 11.2. The first kappa shape index (κ1) is 28.6. The second-order valence-electron chi connectivity index (χ2n) is 8.86. The molecule has 2 heterocycles. The molecule has 11 nitrogen and oxygen atoms in total. The summed E-state index contributed by atoms with van der Waals surface area (Å²) < 4.78 is 49.9. The molecule has 2 aromatic rings. The van der Waals surface area contributed by atoms with Gasteiger partial charge in [0.2, 0.25) is 5.43 Å². The summed E-state index contributed by atoms with van der Waals surface area (Å²) in [5.41, 5.74) is -3.20. The molecule has 0 saturated heterocycles. The Kier molecular flexibility index (Phi) is 8.66. The minimum Gasteiger partial charge on any atom is -0.503 e. The van der Waals surface area contributed by atoms with E-state index in [2.05, 4.69) is 5.32 Å². The molecule has 0 aliphatic carbocycles. The van der Waals surface area contributed by atoms with E-state index in [9.17, 15) is 32.8 Å². The van der Waals surface area contributed by atoms with Gasteiger partial charge in [0.15, 0.2) is 11.5 Å². The molecule has 202 valence electrons. The van der Waals surface area contributed by atoms with Crippen LogP contribution in [0.4, 0.5) is 8.78 Å². The van der Waals surface area contributed by atoms with Crippen molar-refractivity contribution < 1.29 is 47.3 Å². The highest BCUT2D eigenvalue weighted by atomic mass is 31.2. The van der Waals surface area contributed by atoms with Gasteiger partial charge in [-0.1, -0.05) is 6.07 Å². The lowest BCUT2D eigenvalue weighted by atomic mass is 9.73. The summed E-state index contributed by atoms with van der Waals surface area (Å²) in [7, 11) is -2.87. The number of methoxy groups -OCH3 is 1. The van der Waals surface area contributed by atoms with Gasteiger partial charge in [0, 0.05) is 38.1 Å². The third-order valence-corrected chi connectivity index (χ3v) is 7.10. The first-order chi connectivity index (χ1) is 17.3. The molecule has 0 bridgehead atoms. The summed E-state index contributed by atoms with van der Waals surface area (Å²) in [6.07, 6.45) is -0.0782. The Bertz CT molecular complexity index is 1310. The van der Waals surface area contributed by atoms with E-state index in [0.29, 0.717) is 6.07 Å². The quantitative estimate of drug-likeness (QED) is 0.257. The van der Waals surface area contributed by atoms with E-state index in [1.54, 1.807) is 6.92 Å². The van der Waals surface area contributed by atoms with Crippen molar-refractivity contribution in [2.24, 2.45) is 5.41 Å². The van der Waals surface area contributed by atoms with Gasteiger partial charge in [0.1, 0.15) is 22.9 Å².